The number of benzene rings is 2. The minimum atomic E-state index is -0.213. The molecule has 0 atom stereocenters. The van der Waals surface area contributed by atoms with Crippen molar-refractivity contribution in [1.82, 2.24) is 4.98 Å². The Hall–Kier alpha value is -2.36. The van der Waals surface area contributed by atoms with Crippen LogP contribution in [0.1, 0.15) is 71.1 Å². The van der Waals surface area contributed by atoms with Crippen molar-refractivity contribution in [3.8, 4) is 11.3 Å². The maximum absolute atomic E-state index is 13.6. The van der Waals surface area contributed by atoms with Crippen LogP contribution in [0.15, 0.2) is 48.2 Å². The number of ketones is 1. The molecule has 3 aromatic rings. The van der Waals surface area contributed by atoms with E-state index in [0.717, 1.165) is 39.7 Å². The molecule has 5 heteroatoms. The predicted molar refractivity (Wildman–Crippen MR) is 149 cm³/mol. The summed E-state index contributed by atoms with van der Waals surface area (Å²) in [5.74, 6) is 1.27. The molecule has 0 saturated carbocycles. The fourth-order valence-corrected chi connectivity index (χ4v) is 4.17. The minimum Gasteiger partial charge on any atom is -0.512 e. The van der Waals surface area contributed by atoms with E-state index in [1.165, 1.54) is 17.7 Å². The number of hydrogen-bond acceptors (Lipinski definition) is 3. The van der Waals surface area contributed by atoms with Gasteiger partial charge in [0, 0.05) is 44.4 Å². The van der Waals surface area contributed by atoms with E-state index in [0.29, 0.717) is 30.6 Å². The molecule has 0 aliphatic rings. The summed E-state index contributed by atoms with van der Waals surface area (Å²) < 4.78 is 13.6. The number of rotatable bonds is 8. The summed E-state index contributed by atoms with van der Waals surface area (Å²) in [6.45, 7) is 16.5. The summed E-state index contributed by atoms with van der Waals surface area (Å²) in [5, 5.41) is 10.3. The SMILES string of the molecule is CC(C)CC(=O)/C=C(\O)CC(C)C.Cc1[c-]c(-c2cc(CC(C)C)c3cc(F)ccc3n2)cc(C)c1.[Ir]. The number of allylic oxidation sites excluding steroid dienone is 2. The fourth-order valence-electron chi connectivity index (χ4n) is 4.17. The van der Waals surface area contributed by atoms with Gasteiger partial charge in [0.05, 0.1) is 11.3 Å². The number of aliphatic hydroxyl groups is 1. The standard InChI is InChI=1S/C21H21FN.C11H20O2.Ir/c1-13(2)7-16-11-21(17-9-14(3)8-15(4)10-17)23-20-6-5-18(22)12-19(16)20;1-8(2)5-10(12)7-11(13)6-9(3)4;/h5-6,8-9,11-13H,7H2,1-4H3;7-9,12H,5-6H2,1-4H3;/q-1;;/b;10-7-;. The summed E-state index contributed by atoms with van der Waals surface area (Å²) in [4.78, 5) is 15.9. The molecule has 3 rings (SSSR count). The van der Waals surface area contributed by atoms with Crippen molar-refractivity contribution < 1.29 is 34.4 Å². The zero-order valence-corrected chi connectivity index (χ0v) is 25.8. The van der Waals surface area contributed by atoms with Crippen LogP contribution in [0.2, 0.25) is 0 Å². The average molecular weight is 683 g/mol. The van der Waals surface area contributed by atoms with E-state index in [1.807, 2.05) is 34.6 Å². The van der Waals surface area contributed by atoms with Crippen LogP contribution in [-0.4, -0.2) is 15.9 Å². The van der Waals surface area contributed by atoms with Crippen LogP contribution < -0.4 is 0 Å². The van der Waals surface area contributed by atoms with Gasteiger partial charge < -0.3 is 5.11 Å². The van der Waals surface area contributed by atoms with Crippen LogP contribution >= 0.6 is 0 Å². The van der Waals surface area contributed by atoms with Gasteiger partial charge in [0.1, 0.15) is 5.82 Å². The third-order valence-corrected chi connectivity index (χ3v) is 5.46. The Morgan fingerprint density at radius 1 is 0.973 bits per heavy atom. The molecule has 0 bridgehead atoms. The first-order valence-corrected chi connectivity index (χ1v) is 12.9. The molecule has 0 aliphatic carbocycles. The van der Waals surface area contributed by atoms with Gasteiger partial charge >= 0.3 is 0 Å². The second kappa shape index (κ2) is 15.1. The van der Waals surface area contributed by atoms with Crippen molar-refractivity contribution >= 4 is 16.7 Å². The van der Waals surface area contributed by atoms with E-state index in [9.17, 15) is 14.3 Å². The van der Waals surface area contributed by atoms with Gasteiger partial charge in [-0.3, -0.25) is 9.78 Å². The molecule has 0 spiro atoms. The number of hydrogen-bond donors (Lipinski definition) is 1. The number of halogens is 1. The molecular formula is C32H41FIrNO2-. The number of aryl methyl sites for hydroxylation is 2. The number of carbonyl (C=O) groups is 1. The molecule has 0 fully saturated rings. The van der Waals surface area contributed by atoms with Gasteiger partial charge in [0.2, 0.25) is 0 Å². The second-order valence-electron chi connectivity index (χ2n) is 11.0. The van der Waals surface area contributed by atoms with Crippen molar-refractivity contribution in [2.24, 2.45) is 17.8 Å². The van der Waals surface area contributed by atoms with E-state index in [1.54, 1.807) is 12.1 Å². The molecule has 3 nitrogen and oxygen atoms in total. The zero-order chi connectivity index (χ0) is 27.0. The van der Waals surface area contributed by atoms with Gasteiger partial charge in [-0.1, -0.05) is 61.5 Å². The van der Waals surface area contributed by atoms with Crippen LogP contribution in [0.4, 0.5) is 4.39 Å². The Morgan fingerprint density at radius 3 is 2.19 bits per heavy atom. The molecule has 1 N–H and O–H groups in total. The van der Waals surface area contributed by atoms with E-state index in [-0.39, 0.29) is 37.5 Å². The van der Waals surface area contributed by atoms with Crippen LogP contribution in [0.25, 0.3) is 22.2 Å². The molecule has 37 heavy (non-hydrogen) atoms. The fraction of sp³-hybridized carbons (Fsp3) is 0.438. The van der Waals surface area contributed by atoms with Crippen LogP contribution in [0.3, 0.4) is 0 Å². The summed E-state index contributed by atoms with van der Waals surface area (Å²) >= 11 is 0. The number of nitrogens with zero attached hydrogens (tertiary/aromatic N) is 1. The van der Waals surface area contributed by atoms with E-state index in [2.05, 4.69) is 45.0 Å². The third-order valence-electron chi connectivity index (χ3n) is 5.46. The van der Waals surface area contributed by atoms with Crippen molar-refractivity contribution in [1.29, 1.82) is 0 Å². The average Bonchev–Trinajstić information content (AvgIpc) is 2.72. The first kappa shape index (κ1) is 32.7. The summed E-state index contributed by atoms with van der Waals surface area (Å²) in [5.41, 5.74) is 6.19. The molecule has 1 heterocycles. The first-order chi connectivity index (χ1) is 16.8. The van der Waals surface area contributed by atoms with Gasteiger partial charge in [-0.25, -0.2) is 4.39 Å². The molecular weight excluding hydrogens is 642 g/mol. The maximum atomic E-state index is 13.6. The molecule has 0 saturated heterocycles. The number of carbonyl (C=O) groups excluding carboxylic acids is 1. The van der Waals surface area contributed by atoms with Crippen LogP contribution in [0.5, 0.6) is 0 Å². The summed E-state index contributed by atoms with van der Waals surface area (Å²) in [7, 11) is 0. The number of fused-ring (bicyclic) bond motifs is 1. The molecule has 0 unspecified atom stereocenters. The van der Waals surface area contributed by atoms with Gasteiger partial charge in [0.15, 0.2) is 5.78 Å². The van der Waals surface area contributed by atoms with Crippen LogP contribution in [-0.2, 0) is 31.3 Å². The largest absolute Gasteiger partial charge is 0.512 e. The maximum Gasteiger partial charge on any atom is 0.159 e. The number of pyridine rings is 1. The molecule has 1 radical (unpaired) electrons. The zero-order valence-electron chi connectivity index (χ0n) is 23.4. The Balaban J connectivity index is 0.000000423. The third kappa shape index (κ3) is 11.3. The topological polar surface area (TPSA) is 50.2 Å². The molecule has 2 aromatic carbocycles. The predicted octanol–water partition coefficient (Wildman–Crippen LogP) is 8.74. The first-order valence-electron chi connectivity index (χ1n) is 12.9. The van der Waals surface area contributed by atoms with E-state index in [4.69, 9.17) is 4.98 Å². The van der Waals surface area contributed by atoms with Gasteiger partial charge in [-0.05, 0) is 53.6 Å². The smallest absolute Gasteiger partial charge is 0.159 e. The minimum absolute atomic E-state index is 0. The van der Waals surface area contributed by atoms with Gasteiger partial charge in [-0.2, -0.15) is 0 Å². The molecule has 1 aromatic heterocycles. The molecule has 203 valence electrons. The second-order valence-corrected chi connectivity index (χ2v) is 11.0. The van der Waals surface area contributed by atoms with Crippen molar-refractivity contribution in [3.63, 3.8) is 0 Å². The van der Waals surface area contributed by atoms with Crippen molar-refractivity contribution in [3.05, 3.63) is 76.8 Å². The number of aliphatic hydroxyl groups excluding tert-OH is 1. The Morgan fingerprint density at radius 2 is 1.62 bits per heavy atom. The van der Waals surface area contributed by atoms with Crippen molar-refractivity contribution in [2.45, 2.75) is 74.7 Å². The monoisotopic (exact) mass is 683 g/mol. The summed E-state index contributed by atoms with van der Waals surface area (Å²) in [6, 6.07) is 14.5. The van der Waals surface area contributed by atoms with E-state index >= 15 is 0 Å². The van der Waals surface area contributed by atoms with Crippen molar-refractivity contribution in [2.75, 3.05) is 0 Å². The van der Waals surface area contributed by atoms with Crippen LogP contribution in [0, 0.1) is 43.5 Å². The normalized spacial score (nSPS) is 11.5. The quantitative estimate of drug-likeness (QED) is 0.147. The Bertz CT molecular complexity index is 1190. The van der Waals surface area contributed by atoms with E-state index < -0.39 is 0 Å². The Kier molecular flexibility index (Phi) is 13.4. The molecule has 0 aliphatic heterocycles. The Labute approximate surface area is 236 Å². The van der Waals surface area contributed by atoms with Gasteiger partial charge in [-0.15, -0.1) is 34.9 Å². The molecule has 0 amide bonds. The summed E-state index contributed by atoms with van der Waals surface area (Å²) in [6.07, 6.45) is 3.37. The van der Waals surface area contributed by atoms with Gasteiger partial charge in [0.25, 0.3) is 0 Å². The number of aromatic nitrogens is 1.